The SMILES string of the molecule is Cc1ccc(NC(=O)c2cc(N3CCN(CCO)CC3)cc(C(F)(F)F)c2)cc1Nc1ncccc1-c1cc(NC2CCC2)ncn1. The molecule has 1 aliphatic carbocycles. The molecule has 4 N–H and O–H groups in total. The van der Waals surface area contributed by atoms with Crippen LogP contribution in [0.2, 0.25) is 0 Å². The summed E-state index contributed by atoms with van der Waals surface area (Å²) in [5.74, 6) is 0.642. The van der Waals surface area contributed by atoms with Crippen LogP contribution in [-0.2, 0) is 6.18 Å². The van der Waals surface area contributed by atoms with Crippen molar-refractivity contribution in [2.75, 3.05) is 60.2 Å². The number of nitrogens with zero attached hydrogens (tertiary/aromatic N) is 5. The lowest BCUT2D eigenvalue weighted by molar-refractivity contribution is -0.137. The van der Waals surface area contributed by atoms with Gasteiger partial charge in [-0.2, -0.15) is 13.2 Å². The van der Waals surface area contributed by atoms with Gasteiger partial charge >= 0.3 is 6.18 Å². The van der Waals surface area contributed by atoms with Gasteiger partial charge in [0, 0.05) is 79.2 Å². The lowest BCUT2D eigenvalue weighted by Gasteiger charge is -2.36. The van der Waals surface area contributed by atoms with Gasteiger partial charge in [0.2, 0.25) is 0 Å². The quantitative estimate of drug-likeness (QED) is 0.166. The van der Waals surface area contributed by atoms with Gasteiger partial charge in [0.1, 0.15) is 18.0 Å². The molecule has 0 unspecified atom stereocenters. The van der Waals surface area contributed by atoms with Crippen molar-refractivity contribution < 1.29 is 23.1 Å². The fraction of sp³-hybridized carbons (Fsp3) is 0.353. The molecule has 246 valence electrons. The fourth-order valence-electron chi connectivity index (χ4n) is 5.68. The number of rotatable bonds is 10. The lowest BCUT2D eigenvalue weighted by Crippen LogP contribution is -2.47. The molecule has 0 atom stereocenters. The van der Waals surface area contributed by atoms with Crippen LogP contribution in [0, 0.1) is 6.92 Å². The number of anilines is 5. The van der Waals surface area contributed by atoms with Crippen LogP contribution in [0.4, 0.5) is 41.9 Å². The summed E-state index contributed by atoms with van der Waals surface area (Å²) in [6, 6.07) is 14.7. The van der Waals surface area contributed by atoms with E-state index in [0.29, 0.717) is 67.3 Å². The number of pyridine rings is 1. The Labute approximate surface area is 271 Å². The van der Waals surface area contributed by atoms with Crippen molar-refractivity contribution in [1.29, 1.82) is 0 Å². The third kappa shape index (κ3) is 7.80. The first-order valence-corrected chi connectivity index (χ1v) is 15.7. The molecule has 2 fully saturated rings. The average Bonchev–Trinajstić information content (AvgIpc) is 3.04. The number of hydrogen-bond donors (Lipinski definition) is 4. The van der Waals surface area contributed by atoms with Gasteiger partial charge in [-0.15, -0.1) is 0 Å². The smallest absolute Gasteiger partial charge is 0.395 e. The van der Waals surface area contributed by atoms with Crippen molar-refractivity contribution in [2.24, 2.45) is 0 Å². The van der Waals surface area contributed by atoms with E-state index in [-0.39, 0.29) is 12.2 Å². The number of alkyl halides is 3. The molecule has 3 heterocycles. The minimum absolute atomic E-state index is 0.0218. The molecule has 2 aromatic heterocycles. The second-order valence-electron chi connectivity index (χ2n) is 11.9. The normalized spacial score (nSPS) is 15.6. The van der Waals surface area contributed by atoms with Crippen LogP contribution >= 0.6 is 0 Å². The fourth-order valence-corrected chi connectivity index (χ4v) is 5.68. The van der Waals surface area contributed by atoms with Crippen molar-refractivity contribution in [3.05, 3.63) is 83.8 Å². The highest BCUT2D eigenvalue weighted by Crippen LogP contribution is 2.35. The van der Waals surface area contributed by atoms with Gasteiger partial charge in [0.25, 0.3) is 5.91 Å². The largest absolute Gasteiger partial charge is 0.416 e. The van der Waals surface area contributed by atoms with E-state index in [0.717, 1.165) is 41.9 Å². The number of aliphatic hydroxyl groups is 1. The van der Waals surface area contributed by atoms with Gasteiger partial charge in [-0.3, -0.25) is 9.69 Å². The number of benzene rings is 2. The zero-order chi connectivity index (χ0) is 33.0. The van der Waals surface area contributed by atoms with Gasteiger partial charge in [-0.05, 0) is 74.2 Å². The van der Waals surface area contributed by atoms with Crippen molar-refractivity contribution in [3.63, 3.8) is 0 Å². The van der Waals surface area contributed by atoms with E-state index >= 15 is 0 Å². The molecular weight excluding hydrogens is 609 g/mol. The molecule has 1 saturated carbocycles. The molecule has 1 amide bonds. The maximum absolute atomic E-state index is 13.9. The van der Waals surface area contributed by atoms with E-state index < -0.39 is 17.6 Å². The highest BCUT2D eigenvalue weighted by Gasteiger charge is 2.33. The minimum Gasteiger partial charge on any atom is -0.395 e. The highest BCUT2D eigenvalue weighted by molar-refractivity contribution is 6.05. The molecule has 2 aromatic carbocycles. The van der Waals surface area contributed by atoms with Crippen molar-refractivity contribution in [3.8, 4) is 11.3 Å². The molecule has 1 aliphatic heterocycles. The standard InChI is InChI=1S/C34H37F3N8O2/c1-22-7-8-26(19-29(22)43-32-28(6-3-9-38-32)30-20-31(40-21-39-30)41-25-4-2-5-25)42-33(47)23-16-24(34(35,36)37)18-27(17-23)45-12-10-44(11-13-45)14-15-46/h3,6-9,16-21,25,46H,2,4-5,10-15H2,1H3,(H,38,43)(H,42,47)(H,39,40,41). The Morgan fingerprint density at radius 3 is 2.53 bits per heavy atom. The summed E-state index contributed by atoms with van der Waals surface area (Å²) >= 11 is 0. The van der Waals surface area contributed by atoms with Crippen LogP contribution in [-0.4, -0.2) is 76.2 Å². The number of carbonyl (C=O) groups is 1. The van der Waals surface area contributed by atoms with Gasteiger partial charge in [-0.25, -0.2) is 15.0 Å². The summed E-state index contributed by atoms with van der Waals surface area (Å²) in [4.78, 5) is 30.7. The van der Waals surface area contributed by atoms with Crippen molar-refractivity contribution >= 4 is 34.6 Å². The number of aromatic nitrogens is 3. The zero-order valence-electron chi connectivity index (χ0n) is 26.0. The average molecular weight is 647 g/mol. The number of nitrogens with one attached hydrogen (secondary N) is 3. The number of amides is 1. The summed E-state index contributed by atoms with van der Waals surface area (Å²) < 4.78 is 41.7. The maximum Gasteiger partial charge on any atom is 0.416 e. The minimum atomic E-state index is -4.62. The van der Waals surface area contributed by atoms with Crippen LogP contribution in [0.15, 0.2) is 67.1 Å². The van der Waals surface area contributed by atoms with E-state index in [2.05, 4.69) is 30.9 Å². The third-order valence-corrected chi connectivity index (χ3v) is 8.62. The van der Waals surface area contributed by atoms with Crippen LogP contribution < -0.4 is 20.9 Å². The van der Waals surface area contributed by atoms with E-state index in [4.69, 9.17) is 0 Å². The molecule has 10 nitrogen and oxygen atoms in total. The van der Waals surface area contributed by atoms with Crippen LogP contribution in [0.5, 0.6) is 0 Å². The van der Waals surface area contributed by atoms with Crippen molar-refractivity contribution in [1.82, 2.24) is 19.9 Å². The second-order valence-corrected chi connectivity index (χ2v) is 11.9. The molecular formula is C34H37F3N8O2. The van der Waals surface area contributed by atoms with Gasteiger partial charge in [-0.1, -0.05) is 6.07 Å². The molecule has 6 rings (SSSR count). The van der Waals surface area contributed by atoms with Crippen LogP contribution in [0.1, 0.15) is 40.7 Å². The van der Waals surface area contributed by atoms with Gasteiger partial charge in [0.05, 0.1) is 17.9 Å². The summed E-state index contributed by atoms with van der Waals surface area (Å²) in [5.41, 5.74) is 2.74. The predicted molar refractivity (Wildman–Crippen MR) is 176 cm³/mol. The van der Waals surface area contributed by atoms with E-state index in [1.165, 1.54) is 18.8 Å². The Balaban J connectivity index is 1.21. The number of aliphatic hydroxyl groups excluding tert-OH is 1. The number of carbonyl (C=O) groups excluding carboxylic acids is 1. The van der Waals surface area contributed by atoms with Gasteiger partial charge < -0.3 is 26.0 Å². The molecule has 13 heteroatoms. The van der Waals surface area contributed by atoms with Crippen molar-refractivity contribution in [2.45, 2.75) is 38.4 Å². The molecule has 0 spiro atoms. The third-order valence-electron chi connectivity index (χ3n) is 8.62. The summed E-state index contributed by atoms with van der Waals surface area (Å²) in [7, 11) is 0. The van der Waals surface area contributed by atoms with Crippen LogP contribution in [0.25, 0.3) is 11.3 Å². The number of hydrogen-bond acceptors (Lipinski definition) is 9. The Morgan fingerprint density at radius 1 is 1.00 bits per heavy atom. The molecule has 0 bridgehead atoms. The Hall–Kier alpha value is -4.75. The summed E-state index contributed by atoms with van der Waals surface area (Å²) in [5, 5.41) is 18.8. The van der Waals surface area contributed by atoms with E-state index in [1.807, 2.05) is 41.0 Å². The Morgan fingerprint density at radius 2 is 1.81 bits per heavy atom. The second kappa shape index (κ2) is 13.9. The van der Waals surface area contributed by atoms with Gasteiger partial charge in [0.15, 0.2) is 0 Å². The first-order chi connectivity index (χ1) is 22.7. The maximum atomic E-state index is 13.9. The Bertz CT molecular complexity index is 1720. The van der Waals surface area contributed by atoms with Crippen LogP contribution in [0.3, 0.4) is 0 Å². The Kier molecular flexibility index (Phi) is 9.55. The number of piperazine rings is 1. The molecule has 4 aromatic rings. The number of β-amino-alcohol motifs (C(OH)–C–C–N with tert-alkyl or cyclic N) is 1. The monoisotopic (exact) mass is 646 g/mol. The predicted octanol–water partition coefficient (Wildman–Crippen LogP) is 5.94. The first kappa shape index (κ1) is 32.2. The van der Waals surface area contributed by atoms with E-state index in [1.54, 1.807) is 18.3 Å². The lowest BCUT2D eigenvalue weighted by atomic mass is 9.93. The summed E-state index contributed by atoms with van der Waals surface area (Å²) in [6.45, 7) is 4.61. The molecule has 0 radical (unpaired) electrons. The zero-order valence-corrected chi connectivity index (χ0v) is 26.0. The first-order valence-electron chi connectivity index (χ1n) is 15.7. The van der Waals surface area contributed by atoms with E-state index in [9.17, 15) is 23.1 Å². The molecule has 1 saturated heterocycles. The number of aryl methyl sites for hydroxylation is 1. The highest BCUT2D eigenvalue weighted by atomic mass is 19.4. The molecule has 47 heavy (non-hydrogen) atoms. The summed E-state index contributed by atoms with van der Waals surface area (Å²) in [6.07, 6.45) is 2.00. The topological polar surface area (TPSA) is 119 Å². The number of halogens is 3. The molecule has 2 aliphatic rings.